The van der Waals surface area contributed by atoms with Gasteiger partial charge in [-0.3, -0.25) is 14.4 Å². The molecule has 3 amide bonds. The fraction of sp³-hybridized carbons (Fsp3) is 0.400. The van der Waals surface area contributed by atoms with Crippen molar-refractivity contribution in [1.82, 2.24) is 20.1 Å². The monoisotopic (exact) mass is 614 g/mol. The maximum absolute atomic E-state index is 14.0. The van der Waals surface area contributed by atoms with Crippen molar-refractivity contribution in [1.29, 1.82) is 0 Å². The third-order valence-corrected chi connectivity index (χ3v) is 7.33. The highest BCUT2D eigenvalue weighted by atomic mass is 16.6. The Hall–Kier alpha value is -4.73. The summed E-state index contributed by atoms with van der Waals surface area (Å²) in [4.78, 5) is 60.6. The lowest BCUT2D eigenvalue weighted by molar-refractivity contribution is -0.155. The number of amides is 3. The Kier molecular flexibility index (Phi) is 10.9. The highest BCUT2D eigenvalue weighted by molar-refractivity contribution is 5.98. The Morgan fingerprint density at radius 1 is 0.933 bits per heavy atom. The van der Waals surface area contributed by atoms with Crippen molar-refractivity contribution in [2.24, 2.45) is 0 Å². The van der Waals surface area contributed by atoms with Crippen molar-refractivity contribution in [2.75, 3.05) is 26.2 Å². The fourth-order valence-corrected chi connectivity index (χ4v) is 5.21. The van der Waals surface area contributed by atoms with Crippen LogP contribution < -0.4 is 5.32 Å². The molecule has 10 nitrogen and oxygen atoms in total. The van der Waals surface area contributed by atoms with Gasteiger partial charge in [-0.05, 0) is 64.3 Å². The van der Waals surface area contributed by atoms with Crippen molar-refractivity contribution in [3.8, 4) is 22.4 Å². The number of aromatic nitrogens is 1. The van der Waals surface area contributed by atoms with Crippen molar-refractivity contribution in [3.05, 3.63) is 78.5 Å². The first-order valence-corrected chi connectivity index (χ1v) is 15.3. The van der Waals surface area contributed by atoms with Crippen LogP contribution in [0.15, 0.2) is 72.8 Å². The minimum Gasteiger partial charge on any atom is -0.460 e. The number of hydrogen-bond acceptors (Lipinski definition) is 7. The summed E-state index contributed by atoms with van der Waals surface area (Å²) in [5.41, 5.74) is 2.63. The highest BCUT2D eigenvalue weighted by Gasteiger charge is 2.35. The smallest absolute Gasteiger partial charge is 0.409 e. The lowest BCUT2D eigenvalue weighted by Crippen LogP contribution is -2.59. The van der Waals surface area contributed by atoms with Crippen LogP contribution >= 0.6 is 0 Å². The topological polar surface area (TPSA) is 118 Å². The maximum Gasteiger partial charge on any atom is 0.409 e. The van der Waals surface area contributed by atoms with Crippen LogP contribution in [0.5, 0.6) is 0 Å². The van der Waals surface area contributed by atoms with Crippen molar-refractivity contribution >= 4 is 23.9 Å². The van der Waals surface area contributed by atoms with Crippen LogP contribution in [0.25, 0.3) is 22.4 Å². The normalized spacial score (nSPS) is 15.6. The van der Waals surface area contributed by atoms with E-state index in [0.29, 0.717) is 18.8 Å². The summed E-state index contributed by atoms with van der Waals surface area (Å²) < 4.78 is 10.6. The lowest BCUT2D eigenvalue weighted by atomic mass is 10.0. The van der Waals surface area contributed by atoms with Crippen LogP contribution in [0.3, 0.4) is 0 Å². The van der Waals surface area contributed by atoms with Crippen LogP contribution in [0.4, 0.5) is 4.79 Å². The number of nitrogens with one attached hydrogen (secondary N) is 1. The quantitative estimate of drug-likeness (QED) is 0.324. The van der Waals surface area contributed by atoms with Gasteiger partial charge in [-0.25, -0.2) is 9.78 Å². The molecule has 45 heavy (non-hydrogen) atoms. The molecule has 0 spiro atoms. The van der Waals surface area contributed by atoms with Gasteiger partial charge in [0.25, 0.3) is 5.91 Å². The van der Waals surface area contributed by atoms with Gasteiger partial charge in [0.1, 0.15) is 17.3 Å². The van der Waals surface area contributed by atoms with Crippen molar-refractivity contribution in [3.63, 3.8) is 0 Å². The van der Waals surface area contributed by atoms with E-state index in [-0.39, 0.29) is 43.6 Å². The molecule has 3 aromatic rings. The number of piperazine rings is 1. The zero-order valence-corrected chi connectivity index (χ0v) is 26.6. The molecule has 0 radical (unpaired) electrons. The van der Waals surface area contributed by atoms with Gasteiger partial charge in [-0.2, -0.15) is 0 Å². The summed E-state index contributed by atoms with van der Waals surface area (Å²) in [6, 6.07) is 21.5. The summed E-state index contributed by atoms with van der Waals surface area (Å²) in [6.07, 6.45) is -0.462. The first-order chi connectivity index (χ1) is 21.4. The van der Waals surface area contributed by atoms with Gasteiger partial charge in [0, 0.05) is 37.7 Å². The van der Waals surface area contributed by atoms with Gasteiger partial charge in [-0.1, -0.05) is 60.7 Å². The molecule has 2 atom stereocenters. The molecule has 1 N–H and O–H groups in total. The van der Waals surface area contributed by atoms with Crippen LogP contribution in [0.2, 0.25) is 0 Å². The third kappa shape index (κ3) is 9.14. The van der Waals surface area contributed by atoms with Crippen molar-refractivity contribution < 1.29 is 28.7 Å². The highest BCUT2D eigenvalue weighted by Crippen LogP contribution is 2.26. The SMILES string of the molecule is CCOC(=O)N1CCN(C(=O)C(CCC(=O)OC(C)(C)C)NC(=O)c2cc(-c3ccccc3)cc(-c3ccccc3)n2)C(C)C1. The Bertz CT molecular complexity index is 1430. The maximum atomic E-state index is 14.0. The number of esters is 1. The molecular weight excluding hydrogens is 572 g/mol. The molecule has 2 heterocycles. The van der Waals surface area contributed by atoms with Crippen molar-refractivity contribution in [2.45, 2.75) is 65.1 Å². The summed E-state index contributed by atoms with van der Waals surface area (Å²) >= 11 is 0. The second-order valence-electron chi connectivity index (χ2n) is 12.0. The van der Waals surface area contributed by atoms with Gasteiger partial charge >= 0.3 is 12.1 Å². The largest absolute Gasteiger partial charge is 0.460 e. The number of benzene rings is 2. The molecular formula is C35H42N4O6. The summed E-state index contributed by atoms with van der Waals surface area (Å²) in [6.45, 7) is 10.0. The van der Waals surface area contributed by atoms with Gasteiger partial charge in [0.05, 0.1) is 12.3 Å². The molecule has 1 aromatic heterocycles. The minimum absolute atomic E-state index is 0.0359. The summed E-state index contributed by atoms with van der Waals surface area (Å²) in [5.74, 6) is -1.35. The van der Waals surface area contributed by atoms with Crippen LogP contribution in [-0.4, -0.2) is 82.6 Å². The number of hydrogen-bond donors (Lipinski definition) is 1. The Morgan fingerprint density at radius 2 is 1.58 bits per heavy atom. The number of pyridine rings is 1. The number of carbonyl (C=O) groups excluding carboxylic acids is 4. The molecule has 2 unspecified atom stereocenters. The van der Waals surface area contributed by atoms with Crippen LogP contribution in [-0.2, 0) is 19.1 Å². The lowest BCUT2D eigenvalue weighted by Gasteiger charge is -2.40. The minimum atomic E-state index is -1.02. The second-order valence-corrected chi connectivity index (χ2v) is 12.0. The molecule has 1 aliphatic heterocycles. The van der Waals surface area contributed by atoms with Gasteiger partial charge in [0.15, 0.2) is 0 Å². The van der Waals surface area contributed by atoms with E-state index in [1.807, 2.05) is 73.7 Å². The summed E-state index contributed by atoms with van der Waals surface area (Å²) in [7, 11) is 0. The molecule has 1 aliphatic rings. The number of nitrogens with zero attached hydrogens (tertiary/aromatic N) is 3. The van der Waals surface area contributed by atoms with Gasteiger partial charge in [-0.15, -0.1) is 0 Å². The van der Waals surface area contributed by atoms with Gasteiger partial charge in [0.2, 0.25) is 5.91 Å². The van der Waals surface area contributed by atoms with E-state index in [0.717, 1.165) is 16.7 Å². The van der Waals surface area contributed by atoms with Crippen LogP contribution in [0.1, 0.15) is 57.9 Å². The molecule has 1 saturated heterocycles. The zero-order chi connectivity index (χ0) is 32.6. The average Bonchev–Trinajstić information content (AvgIpc) is 3.02. The number of rotatable bonds is 9. The summed E-state index contributed by atoms with van der Waals surface area (Å²) in [5, 5.41) is 2.88. The van der Waals surface area contributed by atoms with E-state index in [4.69, 9.17) is 9.47 Å². The third-order valence-electron chi connectivity index (χ3n) is 7.33. The van der Waals surface area contributed by atoms with Crippen LogP contribution in [0, 0.1) is 0 Å². The van der Waals surface area contributed by atoms with E-state index in [1.165, 1.54) is 0 Å². The Labute approximate surface area is 264 Å². The molecule has 0 bridgehead atoms. The first kappa shape index (κ1) is 33.2. The second kappa shape index (κ2) is 14.8. The molecule has 238 valence electrons. The van der Waals surface area contributed by atoms with E-state index >= 15 is 0 Å². The zero-order valence-electron chi connectivity index (χ0n) is 26.6. The molecule has 10 heteroatoms. The molecule has 1 fully saturated rings. The fourth-order valence-electron chi connectivity index (χ4n) is 5.21. The van der Waals surface area contributed by atoms with E-state index in [1.54, 1.807) is 43.6 Å². The Morgan fingerprint density at radius 3 is 2.18 bits per heavy atom. The standard InChI is InChI=1S/C35H42N4O6/c1-6-44-34(43)38-19-20-39(24(2)23-38)33(42)28(17-18-31(40)45-35(3,4)5)37-32(41)30-22-27(25-13-9-7-10-14-25)21-29(36-30)26-15-11-8-12-16-26/h7-16,21-22,24,28H,6,17-20,23H2,1-5H3,(H,37,41). The predicted octanol–water partition coefficient (Wildman–Crippen LogP) is 5.33. The predicted molar refractivity (Wildman–Crippen MR) is 171 cm³/mol. The molecule has 0 aliphatic carbocycles. The Balaban J connectivity index is 1.61. The van der Waals surface area contributed by atoms with E-state index in [2.05, 4.69) is 10.3 Å². The van der Waals surface area contributed by atoms with Gasteiger partial charge < -0.3 is 24.6 Å². The molecule has 4 rings (SSSR count). The van der Waals surface area contributed by atoms with E-state index < -0.39 is 29.6 Å². The number of carbonyl (C=O) groups is 4. The molecule has 0 saturated carbocycles. The molecule has 2 aromatic carbocycles. The number of ether oxygens (including phenoxy) is 2. The average molecular weight is 615 g/mol. The van der Waals surface area contributed by atoms with E-state index in [9.17, 15) is 19.2 Å². The first-order valence-electron chi connectivity index (χ1n) is 15.3.